The van der Waals surface area contributed by atoms with Gasteiger partial charge in [-0.1, -0.05) is 24.3 Å². The zero-order chi connectivity index (χ0) is 21.1. The van der Waals surface area contributed by atoms with Gasteiger partial charge in [0.15, 0.2) is 0 Å². The number of carboxylic acid groups (broad SMARTS) is 4. The topological polar surface area (TPSA) is 149 Å². The van der Waals surface area contributed by atoms with Crippen LogP contribution in [0.2, 0.25) is 0 Å². The van der Waals surface area contributed by atoms with Crippen LogP contribution in [-0.2, 0) is 19.2 Å². The largest absolute Gasteiger partial charge is 0.481 e. The van der Waals surface area contributed by atoms with Crippen LogP contribution in [0.4, 0.5) is 0 Å². The number of hydrogen-bond acceptors (Lipinski definition) is 8. The summed E-state index contributed by atoms with van der Waals surface area (Å²) in [7, 11) is 0. The van der Waals surface area contributed by atoms with Gasteiger partial charge in [0.05, 0.1) is 32.2 Å². The zero-order valence-corrected chi connectivity index (χ0v) is 17.6. The molecule has 154 valence electrons. The molecule has 0 amide bonds. The molecule has 8 nitrogen and oxygen atoms in total. The van der Waals surface area contributed by atoms with Crippen molar-refractivity contribution in [3.05, 3.63) is 35.4 Å². The van der Waals surface area contributed by atoms with E-state index in [0.29, 0.717) is 11.1 Å². The van der Waals surface area contributed by atoms with Crippen molar-refractivity contribution < 1.29 is 39.6 Å². The van der Waals surface area contributed by atoms with Gasteiger partial charge in [-0.05, 0) is 11.1 Å². The first-order valence-electron chi connectivity index (χ1n) is 7.63. The second-order valence-electron chi connectivity index (χ2n) is 5.11. The molecule has 0 unspecified atom stereocenters. The quantitative estimate of drug-likeness (QED) is 0.299. The lowest BCUT2D eigenvalue weighted by Crippen LogP contribution is -2.09. The smallest absolute Gasteiger partial charge is 0.313 e. The van der Waals surface area contributed by atoms with Gasteiger partial charge in [-0.2, -0.15) is 0 Å². The van der Waals surface area contributed by atoms with Crippen molar-refractivity contribution in [1.82, 2.24) is 0 Å². The minimum Gasteiger partial charge on any atom is -0.481 e. The number of rotatable bonds is 14. The molecular weight excluding hydrogens is 448 g/mol. The highest BCUT2D eigenvalue weighted by Crippen LogP contribution is 2.47. The zero-order valence-electron chi connectivity index (χ0n) is 14.3. The molecule has 0 aliphatic rings. The first-order valence-corrected chi connectivity index (χ1v) is 11.8. The molecule has 0 saturated heterocycles. The monoisotopic (exact) mass is 466 g/mol. The number of thioether (sulfide) groups is 4. The number of carboxylic acids is 4. The lowest BCUT2D eigenvalue weighted by molar-refractivity contribution is -0.135. The van der Waals surface area contributed by atoms with Crippen LogP contribution in [0, 0.1) is 0 Å². The van der Waals surface area contributed by atoms with E-state index in [1.807, 2.05) is 0 Å². The van der Waals surface area contributed by atoms with E-state index in [4.69, 9.17) is 20.4 Å². The number of carbonyl (C=O) groups is 4. The molecule has 0 aliphatic heterocycles. The summed E-state index contributed by atoms with van der Waals surface area (Å²) >= 11 is 4.22. The SMILES string of the molecule is O=C(O)CSC(SCC(=O)O)c1ccccc1C(SCC(=O)O)SCC(=O)O. The Morgan fingerprint density at radius 2 is 0.857 bits per heavy atom. The molecular formula is C16H18O8S4. The van der Waals surface area contributed by atoms with Gasteiger partial charge in [-0.3, -0.25) is 19.2 Å². The second kappa shape index (κ2) is 12.9. The molecule has 0 saturated carbocycles. The minimum atomic E-state index is -1.04. The van der Waals surface area contributed by atoms with Crippen molar-refractivity contribution in [2.24, 2.45) is 0 Å². The Balaban J connectivity index is 3.18. The van der Waals surface area contributed by atoms with Crippen LogP contribution in [0.15, 0.2) is 24.3 Å². The second-order valence-corrected chi connectivity index (χ2v) is 10.1. The van der Waals surface area contributed by atoms with Gasteiger partial charge in [0, 0.05) is 0 Å². The standard InChI is InChI=1S/C16H18O8S4/c17-11(18)5-25-15(26-6-12(19)20)9-3-1-2-4-10(9)16(27-7-13(21)22)28-8-14(23)24/h1-4,15-16H,5-8H2,(H,17,18)(H,19,20)(H,21,22)(H,23,24). The fourth-order valence-electron chi connectivity index (χ4n) is 1.98. The van der Waals surface area contributed by atoms with Gasteiger partial charge < -0.3 is 20.4 Å². The normalized spacial score (nSPS) is 10.9. The number of aliphatic carboxylic acids is 4. The number of benzene rings is 1. The molecule has 1 aromatic carbocycles. The van der Waals surface area contributed by atoms with Crippen LogP contribution in [0.5, 0.6) is 0 Å². The first kappa shape index (κ1) is 24.5. The highest BCUT2D eigenvalue weighted by Gasteiger charge is 2.25. The minimum absolute atomic E-state index is 0.235. The predicted molar refractivity (Wildman–Crippen MR) is 112 cm³/mol. The summed E-state index contributed by atoms with van der Waals surface area (Å²) in [6.45, 7) is 0. The third kappa shape index (κ3) is 9.62. The van der Waals surface area contributed by atoms with E-state index in [1.165, 1.54) is 0 Å². The molecule has 1 rings (SSSR count). The van der Waals surface area contributed by atoms with Crippen LogP contribution < -0.4 is 0 Å². The Kier molecular flexibility index (Phi) is 11.3. The first-order chi connectivity index (χ1) is 13.2. The van der Waals surface area contributed by atoms with Crippen LogP contribution in [0.25, 0.3) is 0 Å². The average molecular weight is 467 g/mol. The summed E-state index contributed by atoms with van der Waals surface area (Å²) in [5.74, 6) is -5.11. The van der Waals surface area contributed by atoms with Crippen molar-refractivity contribution in [2.75, 3.05) is 23.0 Å². The molecule has 0 fully saturated rings. The van der Waals surface area contributed by atoms with E-state index < -0.39 is 33.0 Å². The Labute approximate surface area is 177 Å². The third-order valence-electron chi connectivity index (χ3n) is 2.94. The van der Waals surface area contributed by atoms with Gasteiger partial charge in [-0.25, -0.2) is 0 Å². The third-order valence-corrected chi connectivity index (χ3v) is 8.45. The Bertz CT molecular complexity index is 617. The molecule has 12 heteroatoms. The molecule has 0 aromatic heterocycles. The maximum Gasteiger partial charge on any atom is 0.313 e. The van der Waals surface area contributed by atoms with Crippen molar-refractivity contribution in [3.63, 3.8) is 0 Å². The number of hydrogen-bond donors (Lipinski definition) is 4. The van der Waals surface area contributed by atoms with E-state index in [-0.39, 0.29) is 23.0 Å². The fourth-order valence-corrected chi connectivity index (χ4v) is 6.32. The van der Waals surface area contributed by atoms with Crippen molar-refractivity contribution >= 4 is 70.9 Å². The van der Waals surface area contributed by atoms with Crippen LogP contribution >= 0.6 is 47.0 Å². The Morgan fingerprint density at radius 1 is 0.607 bits per heavy atom. The molecule has 1 aromatic rings. The lowest BCUT2D eigenvalue weighted by Gasteiger charge is -2.23. The lowest BCUT2D eigenvalue weighted by atomic mass is 10.1. The highest BCUT2D eigenvalue weighted by molar-refractivity contribution is 8.17. The summed E-state index contributed by atoms with van der Waals surface area (Å²) in [6.07, 6.45) is 0. The fraction of sp³-hybridized carbons (Fsp3) is 0.375. The molecule has 0 spiro atoms. The predicted octanol–water partition coefficient (Wildman–Crippen LogP) is 2.96. The van der Waals surface area contributed by atoms with Crippen LogP contribution in [0.3, 0.4) is 0 Å². The van der Waals surface area contributed by atoms with E-state index >= 15 is 0 Å². The van der Waals surface area contributed by atoms with E-state index in [1.54, 1.807) is 24.3 Å². The summed E-state index contributed by atoms with van der Waals surface area (Å²) in [6, 6.07) is 6.88. The average Bonchev–Trinajstić information content (AvgIpc) is 2.61. The maximum absolute atomic E-state index is 11.0. The summed E-state index contributed by atoms with van der Waals surface area (Å²) in [5.41, 5.74) is 1.31. The van der Waals surface area contributed by atoms with Crippen molar-refractivity contribution in [2.45, 2.75) is 9.16 Å². The molecule has 0 heterocycles. The van der Waals surface area contributed by atoms with E-state index in [2.05, 4.69) is 0 Å². The van der Waals surface area contributed by atoms with E-state index in [9.17, 15) is 19.2 Å². The van der Waals surface area contributed by atoms with E-state index in [0.717, 1.165) is 47.0 Å². The summed E-state index contributed by atoms with van der Waals surface area (Å²) in [5, 5.41) is 35.9. The van der Waals surface area contributed by atoms with Crippen LogP contribution in [0.1, 0.15) is 20.3 Å². The van der Waals surface area contributed by atoms with Gasteiger partial charge in [0.2, 0.25) is 0 Å². The Morgan fingerprint density at radius 3 is 1.07 bits per heavy atom. The van der Waals surface area contributed by atoms with Crippen molar-refractivity contribution in [3.8, 4) is 0 Å². The van der Waals surface area contributed by atoms with Crippen molar-refractivity contribution in [1.29, 1.82) is 0 Å². The maximum atomic E-state index is 11.0. The molecule has 0 atom stereocenters. The summed E-state index contributed by atoms with van der Waals surface area (Å²) in [4.78, 5) is 43.8. The van der Waals surface area contributed by atoms with Crippen LogP contribution in [-0.4, -0.2) is 67.3 Å². The Hall–Kier alpha value is -1.50. The summed E-state index contributed by atoms with van der Waals surface area (Å²) < 4.78 is -1.02. The molecule has 0 bridgehead atoms. The van der Waals surface area contributed by atoms with Gasteiger partial charge in [-0.15, -0.1) is 47.0 Å². The molecule has 0 radical (unpaired) electrons. The molecule has 28 heavy (non-hydrogen) atoms. The van der Waals surface area contributed by atoms with Gasteiger partial charge in [0.25, 0.3) is 0 Å². The van der Waals surface area contributed by atoms with Gasteiger partial charge in [0.1, 0.15) is 0 Å². The molecule has 0 aliphatic carbocycles. The molecule has 4 N–H and O–H groups in total. The van der Waals surface area contributed by atoms with Gasteiger partial charge >= 0.3 is 23.9 Å². The highest BCUT2D eigenvalue weighted by atomic mass is 32.2.